The molecule has 0 atom stereocenters. The molecule has 0 radical (unpaired) electrons. The summed E-state index contributed by atoms with van der Waals surface area (Å²) in [6, 6.07) is 6.05. The molecule has 0 aliphatic heterocycles. The van der Waals surface area contributed by atoms with Gasteiger partial charge >= 0.3 is 0 Å². The molecule has 0 bridgehead atoms. The summed E-state index contributed by atoms with van der Waals surface area (Å²) in [5.74, 6) is 0.830. The molecule has 0 unspecified atom stereocenters. The van der Waals surface area contributed by atoms with Crippen LogP contribution in [0.15, 0.2) is 27.1 Å². The highest BCUT2D eigenvalue weighted by Gasteiger charge is 2.05. The molecule has 2 nitrogen and oxygen atoms in total. The van der Waals surface area contributed by atoms with Crippen molar-refractivity contribution in [2.24, 2.45) is 5.73 Å². The summed E-state index contributed by atoms with van der Waals surface area (Å²) >= 11 is 3.44. The Kier molecular flexibility index (Phi) is 2.14. The number of rotatable bonds is 1. The molecular weight excluding hydrogens is 230 g/mol. The van der Waals surface area contributed by atoms with E-state index in [4.69, 9.17) is 10.2 Å². The number of aryl methyl sites for hydroxylation is 1. The lowest BCUT2D eigenvalue weighted by Gasteiger charge is -1.95. The van der Waals surface area contributed by atoms with Gasteiger partial charge in [0.1, 0.15) is 11.3 Å². The zero-order valence-electron chi connectivity index (χ0n) is 7.30. The van der Waals surface area contributed by atoms with Crippen LogP contribution in [0.25, 0.3) is 11.0 Å². The van der Waals surface area contributed by atoms with Crippen LogP contribution in [0.5, 0.6) is 0 Å². The predicted octanol–water partition coefficient (Wildman–Crippen LogP) is 2.96. The second kappa shape index (κ2) is 3.16. The van der Waals surface area contributed by atoms with Crippen molar-refractivity contribution in [2.75, 3.05) is 0 Å². The highest BCUT2D eigenvalue weighted by molar-refractivity contribution is 9.10. The maximum Gasteiger partial charge on any atom is 0.137 e. The summed E-state index contributed by atoms with van der Waals surface area (Å²) in [6.45, 7) is 2.47. The number of fused-ring (bicyclic) bond motifs is 1. The molecule has 0 saturated heterocycles. The number of nitrogens with two attached hydrogens (primary N) is 1. The Hall–Kier alpha value is -0.800. The minimum atomic E-state index is 0.450. The van der Waals surface area contributed by atoms with Crippen LogP contribution < -0.4 is 5.73 Å². The summed E-state index contributed by atoms with van der Waals surface area (Å²) in [7, 11) is 0. The lowest BCUT2D eigenvalue weighted by molar-refractivity contribution is 0.550. The zero-order valence-corrected chi connectivity index (χ0v) is 8.89. The molecule has 0 spiro atoms. The normalized spacial score (nSPS) is 11.0. The molecule has 0 saturated carbocycles. The molecule has 2 rings (SSSR count). The van der Waals surface area contributed by atoms with Crippen molar-refractivity contribution < 1.29 is 4.42 Å². The molecule has 3 heteroatoms. The van der Waals surface area contributed by atoms with Gasteiger partial charge in [0.05, 0.1) is 6.54 Å². The first-order chi connectivity index (χ1) is 6.20. The van der Waals surface area contributed by atoms with Crippen LogP contribution in [-0.4, -0.2) is 0 Å². The fraction of sp³-hybridized carbons (Fsp3) is 0.200. The van der Waals surface area contributed by atoms with Crippen LogP contribution in [-0.2, 0) is 6.54 Å². The smallest absolute Gasteiger partial charge is 0.137 e. The first kappa shape index (κ1) is 8.78. The molecule has 0 fully saturated rings. The minimum absolute atomic E-state index is 0.450. The molecule has 0 aliphatic carbocycles. The van der Waals surface area contributed by atoms with Crippen molar-refractivity contribution in [3.8, 4) is 0 Å². The third-order valence-electron chi connectivity index (χ3n) is 2.02. The van der Waals surface area contributed by atoms with Gasteiger partial charge in [-0.2, -0.15) is 0 Å². The molecular formula is C10H10BrNO. The summed E-state index contributed by atoms with van der Waals surface area (Å²) in [4.78, 5) is 0. The molecule has 1 aromatic heterocycles. The van der Waals surface area contributed by atoms with Crippen LogP contribution in [0.4, 0.5) is 0 Å². The molecule has 0 amide bonds. The van der Waals surface area contributed by atoms with Crippen LogP contribution in [0, 0.1) is 6.92 Å². The average molecular weight is 240 g/mol. The lowest BCUT2D eigenvalue weighted by atomic mass is 10.2. The Balaban J connectivity index is 2.75. The fourth-order valence-corrected chi connectivity index (χ4v) is 2.03. The van der Waals surface area contributed by atoms with Crippen molar-refractivity contribution >= 4 is 26.9 Å². The third kappa shape index (κ3) is 1.49. The molecule has 1 aromatic carbocycles. The number of furan rings is 1. The predicted molar refractivity (Wildman–Crippen MR) is 56.5 cm³/mol. The van der Waals surface area contributed by atoms with E-state index in [0.29, 0.717) is 6.54 Å². The quantitative estimate of drug-likeness (QED) is 0.832. The van der Waals surface area contributed by atoms with E-state index in [0.717, 1.165) is 26.8 Å². The lowest BCUT2D eigenvalue weighted by Crippen LogP contribution is -1.92. The van der Waals surface area contributed by atoms with Crippen molar-refractivity contribution in [2.45, 2.75) is 13.5 Å². The maximum atomic E-state index is 5.56. The van der Waals surface area contributed by atoms with E-state index in [1.807, 2.05) is 25.1 Å². The molecule has 13 heavy (non-hydrogen) atoms. The van der Waals surface area contributed by atoms with Gasteiger partial charge in [-0.25, -0.2) is 0 Å². The standard InChI is InChI=1S/C10H10BrNO/c1-6-2-8(11)3-7-4-9(5-12)13-10(6)7/h2-4H,5,12H2,1H3. The second-order valence-electron chi connectivity index (χ2n) is 3.06. The van der Waals surface area contributed by atoms with Crippen LogP contribution in [0.2, 0.25) is 0 Å². The summed E-state index contributed by atoms with van der Waals surface area (Å²) in [6.07, 6.45) is 0. The minimum Gasteiger partial charge on any atom is -0.459 e. The number of hydrogen-bond acceptors (Lipinski definition) is 2. The Bertz CT molecular complexity index is 447. The SMILES string of the molecule is Cc1cc(Br)cc2cc(CN)oc12. The van der Waals surface area contributed by atoms with Crippen molar-refractivity contribution in [1.29, 1.82) is 0 Å². The Morgan fingerprint density at radius 2 is 2.15 bits per heavy atom. The van der Waals surface area contributed by atoms with Crippen LogP contribution >= 0.6 is 15.9 Å². The van der Waals surface area contributed by atoms with E-state index in [-0.39, 0.29) is 0 Å². The van der Waals surface area contributed by atoms with Crippen LogP contribution in [0.1, 0.15) is 11.3 Å². The van der Waals surface area contributed by atoms with E-state index < -0.39 is 0 Å². The van der Waals surface area contributed by atoms with Gasteiger partial charge in [0.25, 0.3) is 0 Å². The molecule has 68 valence electrons. The molecule has 2 N–H and O–H groups in total. The van der Waals surface area contributed by atoms with E-state index in [9.17, 15) is 0 Å². The second-order valence-corrected chi connectivity index (χ2v) is 3.97. The van der Waals surface area contributed by atoms with E-state index in [1.54, 1.807) is 0 Å². The van der Waals surface area contributed by atoms with E-state index in [1.165, 1.54) is 0 Å². The van der Waals surface area contributed by atoms with E-state index >= 15 is 0 Å². The number of hydrogen-bond donors (Lipinski definition) is 1. The van der Waals surface area contributed by atoms with Crippen molar-refractivity contribution in [3.63, 3.8) is 0 Å². The van der Waals surface area contributed by atoms with Gasteiger partial charge in [0, 0.05) is 9.86 Å². The Labute approximate surface area is 84.8 Å². The van der Waals surface area contributed by atoms with E-state index in [2.05, 4.69) is 15.9 Å². The fourth-order valence-electron chi connectivity index (χ4n) is 1.44. The van der Waals surface area contributed by atoms with Crippen LogP contribution in [0.3, 0.4) is 0 Å². The Morgan fingerprint density at radius 3 is 2.85 bits per heavy atom. The summed E-state index contributed by atoms with van der Waals surface area (Å²) < 4.78 is 6.63. The monoisotopic (exact) mass is 239 g/mol. The topological polar surface area (TPSA) is 39.2 Å². The average Bonchev–Trinajstić information content (AvgIpc) is 2.47. The van der Waals surface area contributed by atoms with Gasteiger partial charge in [-0.3, -0.25) is 0 Å². The summed E-state index contributed by atoms with van der Waals surface area (Å²) in [5, 5.41) is 1.10. The summed E-state index contributed by atoms with van der Waals surface area (Å²) in [5.41, 5.74) is 7.56. The van der Waals surface area contributed by atoms with Gasteiger partial charge in [0.15, 0.2) is 0 Å². The van der Waals surface area contributed by atoms with Gasteiger partial charge in [-0.1, -0.05) is 15.9 Å². The molecule has 2 aromatic rings. The first-order valence-electron chi connectivity index (χ1n) is 4.09. The highest BCUT2D eigenvalue weighted by Crippen LogP contribution is 2.26. The van der Waals surface area contributed by atoms with Crippen molar-refractivity contribution in [3.05, 3.63) is 34.0 Å². The first-order valence-corrected chi connectivity index (χ1v) is 4.88. The third-order valence-corrected chi connectivity index (χ3v) is 2.48. The number of halogens is 1. The highest BCUT2D eigenvalue weighted by atomic mass is 79.9. The van der Waals surface area contributed by atoms with Gasteiger partial charge in [-0.15, -0.1) is 0 Å². The van der Waals surface area contributed by atoms with Gasteiger partial charge in [-0.05, 0) is 30.7 Å². The largest absolute Gasteiger partial charge is 0.459 e. The molecule has 0 aliphatic rings. The number of benzene rings is 1. The van der Waals surface area contributed by atoms with Gasteiger partial charge < -0.3 is 10.2 Å². The van der Waals surface area contributed by atoms with Gasteiger partial charge in [0.2, 0.25) is 0 Å². The maximum absolute atomic E-state index is 5.56. The molecule has 1 heterocycles. The Morgan fingerprint density at radius 1 is 1.38 bits per heavy atom. The zero-order chi connectivity index (χ0) is 9.42. The van der Waals surface area contributed by atoms with Crippen molar-refractivity contribution in [1.82, 2.24) is 0 Å².